The van der Waals surface area contributed by atoms with Gasteiger partial charge in [-0.2, -0.15) is 10.4 Å². The fourth-order valence-electron chi connectivity index (χ4n) is 2.04. The van der Waals surface area contributed by atoms with Crippen LogP contribution in [0.25, 0.3) is 0 Å². The van der Waals surface area contributed by atoms with E-state index in [2.05, 4.69) is 21.2 Å². The maximum absolute atomic E-state index is 8.98. The van der Waals surface area contributed by atoms with E-state index in [0.717, 1.165) is 26.1 Å². The van der Waals surface area contributed by atoms with E-state index in [4.69, 9.17) is 10.00 Å². The van der Waals surface area contributed by atoms with Gasteiger partial charge in [-0.05, 0) is 12.5 Å². The van der Waals surface area contributed by atoms with E-state index in [0.29, 0.717) is 17.3 Å². The van der Waals surface area contributed by atoms with Crippen LogP contribution in [0.2, 0.25) is 0 Å². The molecule has 0 aliphatic carbocycles. The summed E-state index contributed by atoms with van der Waals surface area (Å²) in [5.74, 6) is 1.22. The minimum Gasteiger partial charge on any atom is -0.384 e. The highest BCUT2D eigenvalue weighted by Crippen LogP contribution is 2.24. The summed E-state index contributed by atoms with van der Waals surface area (Å²) in [5, 5.41) is 16.9. The molecule has 0 radical (unpaired) electrons. The Bertz CT molecular complexity index is 401. The van der Waals surface area contributed by atoms with Crippen molar-refractivity contribution in [3.05, 3.63) is 17.8 Å². The molecule has 5 heteroatoms. The molecule has 0 aromatic carbocycles. The topological polar surface area (TPSA) is 62.0 Å². The molecule has 16 heavy (non-hydrogen) atoms. The van der Waals surface area contributed by atoms with Crippen LogP contribution in [-0.2, 0) is 4.74 Å². The molecular weight excluding hydrogens is 204 g/mol. The average Bonchev–Trinajstić information content (AvgIpc) is 2.78. The Hall–Kier alpha value is -1.67. The molecule has 0 amide bonds. The fourth-order valence-corrected chi connectivity index (χ4v) is 2.04. The van der Waals surface area contributed by atoms with Gasteiger partial charge in [-0.3, -0.25) is 0 Å². The van der Waals surface area contributed by atoms with Gasteiger partial charge in [-0.15, -0.1) is 5.10 Å². The lowest BCUT2D eigenvalue weighted by molar-refractivity contribution is 0.161. The van der Waals surface area contributed by atoms with Gasteiger partial charge in [0.25, 0.3) is 0 Å². The fraction of sp³-hybridized carbons (Fsp3) is 0.545. The Balaban J connectivity index is 2.12. The Labute approximate surface area is 94.7 Å². The number of nitriles is 1. The van der Waals surface area contributed by atoms with Crippen LogP contribution in [0.1, 0.15) is 12.0 Å². The highest BCUT2D eigenvalue weighted by atomic mass is 16.5. The minimum atomic E-state index is 0.526. The van der Waals surface area contributed by atoms with Crippen LogP contribution in [0.3, 0.4) is 0 Å². The van der Waals surface area contributed by atoms with Crippen LogP contribution in [-0.4, -0.2) is 37.0 Å². The number of rotatable bonds is 3. The number of hydrogen-bond acceptors (Lipinski definition) is 5. The molecule has 0 saturated carbocycles. The van der Waals surface area contributed by atoms with Crippen LogP contribution in [0, 0.1) is 17.2 Å². The summed E-state index contributed by atoms with van der Waals surface area (Å²) in [7, 11) is 1.71. The molecule has 0 spiro atoms. The molecule has 1 saturated heterocycles. The molecule has 1 aliphatic heterocycles. The van der Waals surface area contributed by atoms with Crippen LogP contribution >= 0.6 is 0 Å². The molecule has 0 N–H and O–H groups in total. The van der Waals surface area contributed by atoms with Crippen molar-refractivity contribution in [3.8, 4) is 6.07 Å². The van der Waals surface area contributed by atoms with E-state index >= 15 is 0 Å². The molecule has 2 heterocycles. The third-order valence-corrected chi connectivity index (χ3v) is 2.81. The van der Waals surface area contributed by atoms with Crippen molar-refractivity contribution >= 4 is 5.82 Å². The molecule has 1 fully saturated rings. The Kier molecular flexibility index (Phi) is 3.32. The second kappa shape index (κ2) is 4.90. The molecule has 84 valence electrons. The molecular formula is C11H14N4O. The normalized spacial score (nSPS) is 19.8. The van der Waals surface area contributed by atoms with Gasteiger partial charge < -0.3 is 9.64 Å². The van der Waals surface area contributed by atoms with Crippen LogP contribution in [0.15, 0.2) is 12.3 Å². The molecule has 1 aromatic heterocycles. The van der Waals surface area contributed by atoms with E-state index < -0.39 is 0 Å². The average molecular weight is 218 g/mol. The monoisotopic (exact) mass is 218 g/mol. The third kappa shape index (κ3) is 2.12. The second-order valence-electron chi connectivity index (χ2n) is 3.94. The number of aromatic nitrogens is 2. The van der Waals surface area contributed by atoms with E-state index in [1.54, 1.807) is 19.4 Å². The number of hydrogen-bond donors (Lipinski definition) is 0. The summed E-state index contributed by atoms with van der Waals surface area (Å²) in [6.07, 6.45) is 2.63. The highest BCUT2D eigenvalue weighted by Gasteiger charge is 2.25. The number of anilines is 1. The maximum Gasteiger partial charge on any atom is 0.169 e. The van der Waals surface area contributed by atoms with Crippen molar-refractivity contribution in [1.82, 2.24) is 10.2 Å². The lowest BCUT2D eigenvalue weighted by Gasteiger charge is -2.17. The summed E-state index contributed by atoms with van der Waals surface area (Å²) in [6.45, 7) is 2.57. The van der Waals surface area contributed by atoms with Gasteiger partial charge in [0, 0.05) is 26.1 Å². The van der Waals surface area contributed by atoms with Crippen molar-refractivity contribution in [1.29, 1.82) is 5.26 Å². The predicted molar refractivity (Wildman–Crippen MR) is 58.9 cm³/mol. The molecule has 1 atom stereocenters. The van der Waals surface area contributed by atoms with E-state index in [9.17, 15) is 0 Å². The van der Waals surface area contributed by atoms with E-state index in [1.807, 2.05) is 0 Å². The van der Waals surface area contributed by atoms with Gasteiger partial charge >= 0.3 is 0 Å². The molecule has 1 aromatic rings. The summed E-state index contributed by atoms with van der Waals surface area (Å²) < 4.78 is 5.14. The zero-order valence-corrected chi connectivity index (χ0v) is 9.26. The largest absolute Gasteiger partial charge is 0.384 e. The summed E-state index contributed by atoms with van der Waals surface area (Å²) >= 11 is 0. The first-order valence-corrected chi connectivity index (χ1v) is 5.31. The Morgan fingerprint density at radius 2 is 2.56 bits per heavy atom. The SMILES string of the molecule is COCC1CCN(c2nnccc2C#N)C1. The third-order valence-electron chi connectivity index (χ3n) is 2.81. The van der Waals surface area contributed by atoms with Crippen molar-refractivity contribution in [2.45, 2.75) is 6.42 Å². The van der Waals surface area contributed by atoms with E-state index in [1.165, 1.54) is 0 Å². The summed E-state index contributed by atoms with van der Waals surface area (Å²) in [6, 6.07) is 3.84. The van der Waals surface area contributed by atoms with Gasteiger partial charge in [0.2, 0.25) is 0 Å². The predicted octanol–water partition coefficient (Wildman–Crippen LogP) is 0.821. The van der Waals surface area contributed by atoms with Crippen molar-refractivity contribution < 1.29 is 4.74 Å². The van der Waals surface area contributed by atoms with Gasteiger partial charge in [0.1, 0.15) is 6.07 Å². The van der Waals surface area contributed by atoms with Crippen LogP contribution in [0.4, 0.5) is 5.82 Å². The summed E-state index contributed by atoms with van der Waals surface area (Å²) in [5.41, 5.74) is 0.591. The Morgan fingerprint density at radius 1 is 1.69 bits per heavy atom. The lowest BCUT2D eigenvalue weighted by Crippen LogP contribution is -2.23. The molecule has 1 aliphatic rings. The molecule has 1 unspecified atom stereocenters. The number of nitrogens with zero attached hydrogens (tertiary/aromatic N) is 4. The smallest absolute Gasteiger partial charge is 0.169 e. The van der Waals surface area contributed by atoms with Crippen LogP contribution in [0.5, 0.6) is 0 Å². The van der Waals surface area contributed by atoms with E-state index in [-0.39, 0.29) is 0 Å². The van der Waals surface area contributed by atoms with Gasteiger partial charge in [0.05, 0.1) is 18.4 Å². The number of methoxy groups -OCH3 is 1. The van der Waals surface area contributed by atoms with Gasteiger partial charge in [0.15, 0.2) is 5.82 Å². The van der Waals surface area contributed by atoms with Gasteiger partial charge in [-0.1, -0.05) is 0 Å². The van der Waals surface area contributed by atoms with Crippen molar-refractivity contribution in [2.24, 2.45) is 5.92 Å². The Morgan fingerprint density at radius 3 is 3.31 bits per heavy atom. The zero-order chi connectivity index (χ0) is 11.4. The number of ether oxygens (including phenoxy) is 1. The zero-order valence-electron chi connectivity index (χ0n) is 9.26. The quantitative estimate of drug-likeness (QED) is 0.751. The maximum atomic E-state index is 8.98. The highest BCUT2D eigenvalue weighted by molar-refractivity contribution is 5.53. The minimum absolute atomic E-state index is 0.526. The summed E-state index contributed by atoms with van der Waals surface area (Å²) in [4.78, 5) is 2.11. The van der Waals surface area contributed by atoms with Crippen molar-refractivity contribution in [2.75, 3.05) is 31.7 Å². The first-order valence-electron chi connectivity index (χ1n) is 5.31. The van der Waals surface area contributed by atoms with Gasteiger partial charge in [-0.25, -0.2) is 0 Å². The first-order chi connectivity index (χ1) is 7.85. The molecule has 2 rings (SSSR count). The second-order valence-corrected chi connectivity index (χ2v) is 3.94. The lowest BCUT2D eigenvalue weighted by atomic mass is 10.1. The molecule has 5 nitrogen and oxygen atoms in total. The standard InChI is InChI=1S/C11H14N4O/c1-16-8-9-3-5-15(7-9)11-10(6-12)2-4-13-14-11/h2,4,9H,3,5,7-8H2,1H3. The van der Waals surface area contributed by atoms with Crippen molar-refractivity contribution in [3.63, 3.8) is 0 Å². The first kappa shape index (κ1) is 10.8. The van der Waals surface area contributed by atoms with Crippen LogP contribution < -0.4 is 4.90 Å². The molecule has 0 bridgehead atoms.